The van der Waals surface area contributed by atoms with Gasteiger partial charge in [0.05, 0.1) is 12.1 Å². The summed E-state index contributed by atoms with van der Waals surface area (Å²) in [5.41, 5.74) is 1.17. The van der Waals surface area contributed by atoms with E-state index < -0.39 is 0 Å². The number of rotatable bonds is 2. The van der Waals surface area contributed by atoms with Crippen LogP contribution < -0.4 is 4.90 Å². The SMILES string of the molecule is CC(C)c1cnc(N2C[C@H](O)[C@H]2C)c2cnc(Cl)cc12. The van der Waals surface area contributed by atoms with E-state index in [1.807, 2.05) is 19.2 Å². The number of aliphatic hydroxyl groups is 1. The number of halogens is 1. The Labute approximate surface area is 123 Å². The number of hydrogen-bond donors (Lipinski definition) is 1. The minimum atomic E-state index is -0.281. The molecule has 0 aliphatic carbocycles. The van der Waals surface area contributed by atoms with Gasteiger partial charge in [-0.1, -0.05) is 25.4 Å². The normalized spacial score (nSPS) is 22.4. The number of aliphatic hydroxyl groups excluding tert-OH is 1. The van der Waals surface area contributed by atoms with Crippen LogP contribution >= 0.6 is 11.6 Å². The van der Waals surface area contributed by atoms with Crippen LogP contribution in [0, 0.1) is 0 Å². The fourth-order valence-corrected chi connectivity index (χ4v) is 2.83. The lowest BCUT2D eigenvalue weighted by atomic mass is 9.97. The average molecular weight is 292 g/mol. The minimum absolute atomic E-state index is 0.0891. The van der Waals surface area contributed by atoms with Crippen LogP contribution in [-0.4, -0.2) is 33.8 Å². The molecule has 3 heterocycles. The Bertz CT molecular complexity index is 659. The summed E-state index contributed by atoms with van der Waals surface area (Å²) >= 11 is 6.04. The number of anilines is 1. The highest BCUT2D eigenvalue weighted by atomic mass is 35.5. The lowest BCUT2D eigenvalue weighted by Gasteiger charge is -2.44. The summed E-state index contributed by atoms with van der Waals surface area (Å²) in [7, 11) is 0. The molecule has 0 unspecified atom stereocenters. The van der Waals surface area contributed by atoms with Gasteiger partial charge in [-0.15, -0.1) is 0 Å². The number of β-amino-alcohol motifs (C(OH)–C–C–N with tert-alkyl or cyclic N) is 1. The molecule has 2 atom stereocenters. The molecule has 3 rings (SSSR count). The van der Waals surface area contributed by atoms with E-state index in [-0.39, 0.29) is 12.1 Å². The summed E-state index contributed by atoms with van der Waals surface area (Å²) in [5.74, 6) is 1.25. The third-order valence-corrected chi connectivity index (χ3v) is 4.28. The first-order valence-electron chi connectivity index (χ1n) is 6.88. The van der Waals surface area contributed by atoms with Crippen LogP contribution in [0.25, 0.3) is 10.8 Å². The molecule has 4 nitrogen and oxygen atoms in total. The highest BCUT2D eigenvalue weighted by Gasteiger charge is 2.35. The fourth-order valence-electron chi connectivity index (χ4n) is 2.68. The Morgan fingerprint density at radius 2 is 2.05 bits per heavy atom. The molecule has 2 aromatic heterocycles. The molecule has 1 fully saturated rings. The quantitative estimate of drug-likeness (QED) is 0.864. The summed E-state index contributed by atoms with van der Waals surface area (Å²) in [6.07, 6.45) is 3.41. The highest BCUT2D eigenvalue weighted by Crippen LogP contribution is 2.35. The van der Waals surface area contributed by atoms with Crippen molar-refractivity contribution in [2.75, 3.05) is 11.4 Å². The van der Waals surface area contributed by atoms with Gasteiger partial charge in [0.1, 0.15) is 11.0 Å². The zero-order chi connectivity index (χ0) is 14.4. The van der Waals surface area contributed by atoms with Crippen LogP contribution in [-0.2, 0) is 0 Å². The van der Waals surface area contributed by atoms with E-state index in [0.29, 0.717) is 17.6 Å². The topological polar surface area (TPSA) is 49.2 Å². The van der Waals surface area contributed by atoms with Crippen LogP contribution in [0.15, 0.2) is 18.5 Å². The molecule has 0 amide bonds. The molecule has 0 spiro atoms. The van der Waals surface area contributed by atoms with E-state index in [1.54, 1.807) is 6.20 Å². The summed E-state index contributed by atoms with van der Waals surface area (Å²) in [6, 6.07) is 1.99. The third-order valence-electron chi connectivity index (χ3n) is 4.07. The fraction of sp³-hybridized carbons (Fsp3) is 0.467. The molecule has 106 valence electrons. The Morgan fingerprint density at radius 1 is 1.30 bits per heavy atom. The predicted octanol–water partition coefficient (Wildman–Crippen LogP) is 2.98. The second kappa shape index (κ2) is 4.86. The van der Waals surface area contributed by atoms with Crippen molar-refractivity contribution in [3.8, 4) is 0 Å². The summed E-state index contributed by atoms with van der Waals surface area (Å²) in [6.45, 7) is 6.90. The molecule has 0 aromatic carbocycles. The van der Waals surface area contributed by atoms with Crippen LogP contribution in [0.4, 0.5) is 5.82 Å². The Hall–Kier alpha value is -1.39. The summed E-state index contributed by atoms with van der Waals surface area (Å²) in [5, 5.41) is 12.3. The third kappa shape index (κ3) is 2.03. The average Bonchev–Trinajstić information content (AvgIpc) is 2.42. The van der Waals surface area contributed by atoms with E-state index in [1.165, 1.54) is 5.56 Å². The van der Waals surface area contributed by atoms with Gasteiger partial charge in [-0.3, -0.25) is 0 Å². The molecule has 2 aromatic rings. The van der Waals surface area contributed by atoms with Crippen LogP contribution in [0.2, 0.25) is 5.15 Å². The Morgan fingerprint density at radius 3 is 2.65 bits per heavy atom. The number of hydrogen-bond acceptors (Lipinski definition) is 4. The van der Waals surface area contributed by atoms with Crippen molar-refractivity contribution in [3.63, 3.8) is 0 Å². The maximum atomic E-state index is 9.70. The molecule has 20 heavy (non-hydrogen) atoms. The standard InChI is InChI=1S/C15H18ClN3O/c1-8(2)11-5-18-15(19-7-13(20)9(19)3)12-6-17-14(16)4-10(11)12/h4-6,8-9,13,20H,7H2,1-3H3/t9-,13+/m1/s1. The number of aromatic nitrogens is 2. The first kappa shape index (κ1) is 13.6. The van der Waals surface area contributed by atoms with Gasteiger partial charge in [-0.05, 0) is 29.9 Å². The van der Waals surface area contributed by atoms with Gasteiger partial charge in [-0.2, -0.15) is 0 Å². The lowest BCUT2D eigenvalue weighted by molar-refractivity contribution is 0.0990. The smallest absolute Gasteiger partial charge is 0.138 e. The van der Waals surface area contributed by atoms with Gasteiger partial charge >= 0.3 is 0 Å². The van der Waals surface area contributed by atoms with Gasteiger partial charge in [0, 0.05) is 24.3 Å². The van der Waals surface area contributed by atoms with Crippen molar-refractivity contribution in [1.82, 2.24) is 9.97 Å². The van der Waals surface area contributed by atoms with Crippen molar-refractivity contribution < 1.29 is 5.11 Å². The monoisotopic (exact) mass is 291 g/mol. The molecular formula is C15H18ClN3O. The van der Waals surface area contributed by atoms with Crippen molar-refractivity contribution in [2.24, 2.45) is 0 Å². The van der Waals surface area contributed by atoms with E-state index in [2.05, 4.69) is 28.7 Å². The van der Waals surface area contributed by atoms with Gasteiger partial charge in [-0.25, -0.2) is 9.97 Å². The molecule has 0 bridgehead atoms. The Balaban J connectivity index is 2.18. The summed E-state index contributed by atoms with van der Waals surface area (Å²) in [4.78, 5) is 10.9. The number of nitrogens with zero attached hydrogens (tertiary/aromatic N) is 3. The minimum Gasteiger partial charge on any atom is -0.389 e. The maximum absolute atomic E-state index is 9.70. The number of fused-ring (bicyclic) bond motifs is 1. The van der Waals surface area contributed by atoms with E-state index in [0.717, 1.165) is 16.6 Å². The largest absolute Gasteiger partial charge is 0.389 e. The molecule has 1 N–H and O–H groups in total. The predicted molar refractivity (Wildman–Crippen MR) is 81.5 cm³/mol. The van der Waals surface area contributed by atoms with Crippen molar-refractivity contribution in [2.45, 2.75) is 38.8 Å². The molecule has 5 heteroatoms. The second-order valence-electron chi connectivity index (χ2n) is 5.70. The molecule has 0 radical (unpaired) electrons. The molecule has 0 saturated carbocycles. The van der Waals surface area contributed by atoms with Crippen molar-refractivity contribution in [3.05, 3.63) is 29.2 Å². The van der Waals surface area contributed by atoms with Gasteiger partial charge in [0.2, 0.25) is 0 Å². The highest BCUT2D eigenvalue weighted by molar-refractivity contribution is 6.30. The summed E-state index contributed by atoms with van der Waals surface area (Å²) < 4.78 is 0. The van der Waals surface area contributed by atoms with Crippen LogP contribution in [0.1, 0.15) is 32.3 Å². The zero-order valence-electron chi connectivity index (χ0n) is 11.8. The Kier molecular flexibility index (Phi) is 3.30. The van der Waals surface area contributed by atoms with E-state index in [4.69, 9.17) is 11.6 Å². The van der Waals surface area contributed by atoms with Crippen molar-refractivity contribution >= 4 is 28.2 Å². The number of pyridine rings is 2. The second-order valence-corrected chi connectivity index (χ2v) is 6.09. The van der Waals surface area contributed by atoms with Gasteiger partial charge in [0.15, 0.2) is 0 Å². The van der Waals surface area contributed by atoms with Crippen LogP contribution in [0.3, 0.4) is 0 Å². The van der Waals surface area contributed by atoms with E-state index in [9.17, 15) is 5.11 Å². The maximum Gasteiger partial charge on any atom is 0.138 e. The first-order chi connectivity index (χ1) is 9.49. The van der Waals surface area contributed by atoms with Gasteiger partial charge in [0.25, 0.3) is 0 Å². The molecule has 1 saturated heterocycles. The van der Waals surface area contributed by atoms with Crippen LogP contribution in [0.5, 0.6) is 0 Å². The van der Waals surface area contributed by atoms with Gasteiger partial charge < -0.3 is 10.0 Å². The van der Waals surface area contributed by atoms with E-state index >= 15 is 0 Å². The van der Waals surface area contributed by atoms with Crippen molar-refractivity contribution in [1.29, 1.82) is 0 Å². The molecular weight excluding hydrogens is 274 g/mol. The first-order valence-corrected chi connectivity index (χ1v) is 7.25. The lowest BCUT2D eigenvalue weighted by Crippen LogP contribution is -2.59. The molecule has 1 aliphatic heterocycles. The zero-order valence-corrected chi connectivity index (χ0v) is 12.6. The molecule has 1 aliphatic rings.